The van der Waals surface area contributed by atoms with Crippen molar-refractivity contribution >= 4 is 0 Å². The molecule has 0 aromatic heterocycles. The highest BCUT2D eigenvalue weighted by Gasteiger charge is 2.34. The van der Waals surface area contributed by atoms with E-state index in [1.807, 2.05) is 37.3 Å². The molecule has 3 rings (SSSR count). The van der Waals surface area contributed by atoms with Gasteiger partial charge < -0.3 is 9.84 Å². The zero-order valence-electron chi connectivity index (χ0n) is 11.8. The Labute approximate surface area is 120 Å². The predicted octanol–water partition coefficient (Wildman–Crippen LogP) is 3.74. The largest absolute Gasteiger partial charge is 0.385 e. The van der Waals surface area contributed by atoms with Gasteiger partial charge in [-0.2, -0.15) is 0 Å². The molecule has 0 spiro atoms. The van der Waals surface area contributed by atoms with E-state index in [1.165, 1.54) is 11.1 Å². The third-order valence-corrected chi connectivity index (χ3v) is 4.07. The molecular weight excluding hydrogens is 248 g/mol. The number of rotatable bonds is 2. The monoisotopic (exact) mass is 268 g/mol. The first kappa shape index (κ1) is 13.3. The van der Waals surface area contributed by atoms with Crippen molar-refractivity contribution in [2.24, 2.45) is 0 Å². The fraction of sp³-hybridized carbons (Fsp3) is 0.333. The van der Waals surface area contributed by atoms with Crippen molar-refractivity contribution in [1.82, 2.24) is 0 Å². The minimum Gasteiger partial charge on any atom is -0.385 e. The summed E-state index contributed by atoms with van der Waals surface area (Å²) in [5.74, 6) is 0. The number of ether oxygens (including phenoxy) is 1. The van der Waals surface area contributed by atoms with E-state index in [0.717, 1.165) is 5.56 Å². The van der Waals surface area contributed by atoms with E-state index in [-0.39, 0.29) is 6.10 Å². The molecule has 0 bridgehead atoms. The molecule has 2 unspecified atom stereocenters. The first-order valence-corrected chi connectivity index (χ1v) is 7.17. The van der Waals surface area contributed by atoms with Gasteiger partial charge in [-0.15, -0.1) is 0 Å². The second-order valence-corrected chi connectivity index (χ2v) is 5.61. The Morgan fingerprint density at radius 2 is 1.65 bits per heavy atom. The van der Waals surface area contributed by atoms with Crippen LogP contribution >= 0.6 is 0 Å². The van der Waals surface area contributed by atoms with Gasteiger partial charge in [-0.1, -0.05) is 54.6 Å². The maximum Gasteiger partial charge on any atom is 0.0943 e. The van der Waals surface area contributed by atoms with Crippen molar-refractivity contribution in [3.63, 3.8) is 0 Å². The molecule has 0 aliphatic carbocycles. The summed E-state index contributed by atoms with van der Waals surface area (Å²) in [7, 11) is 0. The van der Waals surface area contributed by atoms with E-state index in [1.54, 1.807) is 0 Å². The van der Waals surface area contributed by atoms with Crippen LogP contribution in [0.2, 0.25) is 0 Å². The Morgan fingerprint density at radius 1 is 1.00 bits per heavy atom. The molecule has 2 atom stereocenters. The molecule has 2 aromatic carbocycles. The predicted molar refractivity (Wildman–Crippen MR) is 80.4 cm³/mol. The molecule has 1 heterocycles. The molecule has 2 heteroatoms. The summed E-state index contributed by atoms with van der Waals surface area (Å²) < 4.78 is 5.53. The molecule has 104 valence electrons. The molecule has 0 saturated carbocycles. The molecule has 1 N–H and O–H groups in total. The van der Waals surface area contributed by atoms with Crippen molar-refractivity contribution in [3.8, 4) is 11.1 Å². The van der Waals surface area contributed by atoms with E-state index in [2.05, 4.69) is 24.3 Å². The fourth-order valence-electron chi connectivity index (χ4n) is 2.93. The molecule has 0 amide bonds. The molecule has 2 nitrogen and oxygen atoms in total. The second-order valence-electron chi connectivity index (χ2n) is 5.61. The van der Waals surface area contributed by atoms with Gasteiger partial charge in [-0.25, -0.2) is 0 Å². The van der Waals surface area contributed by atoms with Crippen LogP contribution in [0.5, 0.6) is 0 Å². The maximum atomic E-state index is 10.8. The Bertz CT molecular complexity index is 562. The molecule has 20 heavy (non-hydrogen) atoms. The van der Waals surface area contributed by atoms with Gasteiger partial charge in [0.05, 0.1) is 18.3 Å². The smallest absolute Gasteiger partial charge is 0.0943 e. The standard InChI is InChI=1S/C18H20O2/c1-14-13-18(19,11-12-20-14)17-9-7-16(8-10-17)15-5-3-2-4-6-15/h2-10,14,19H,11-13H2,1H3. The Morgan fingerprint density at radius 3 is 2.30 bits per heavy atom. The van der Waals surface area contributed by atoms with Crippen molar-refractivity contribution in [3.05, 3.63) is 60.2 Å². The first-order valence-electron chi connectivity index (χ1n) is 7.17. The zero-order chi connectivity index (χ0) is 14.0. The summed E-state index contributed by atoms with van der Waals surface area (Å²) in [6, 6.07) is 18.5. The second kappa shape index (κ2) is 5.39. The summed E-state index contributed by atoms with van der Waals surface area (Å²) in [6.07, 6.45) is 1.45. The summed E-state index contributed by atoms with van der Waals surface area (Å²) in [5, 5.41) is 10.8. The van der Waals surface area contributed by atoms with E-state index in [4.69, 9.17) is 4.74 Å². The highest BCUT2D eigenvalue weighted by atomic mass is 16.5. The van der Waals surface area contributed by atoms with E-state index < -0.39 is 5.60 Å². The van der Waals surface area contributed by atoms with Crippen molar-refractivity contribution < 1.29 is 9.84 Å². The highest BCUT2D eigenvalue weighted by molar-refractivity contribution is 5.63. The van der Waals surface area contributed by atoms with Crippen molar-refractivity contribution in [1.29, 1.82) is 0 Å². The number of aliphatic hydroxyl groups is 1. The average Bonchev–Trinajstić information content (AvgIpc) is 2.48. The Balaban J connectivity index is 1.86. The van der Waals surface area contributed by atoms with Crippen LogP contribution in [0.15, 0.2) is 54.6 Å². The lowest BCUT2D eigenvalue weighted by Crippen LogP contribution is -2.37. The number of hydrogen-bond acceptors (Lipinski definition) is 2. The van der Waals surface area contributed by atoms with Crippen LogP contribution in [-0.4, -0.2) is 17.8 Å². The molecule has 1 aliphatic rings. The summed E-state index contributed by atoms with van der Waals surface area (Å²) in [6.45, 7) is 2.64. The minimum absolute atomic E-state index is 0.113. The van der Waals surface area contributed by atoms with E-state index in [9.17, 15) is 5.11 Å². The number of benzene rings is 2. The van der Waals surface area contributed by atoms with Crippen molar-refractivity contribution in [2.45, 2.75) is 31.5 Å². The first-order chi connectivity index (χ1) is 9.67. The Kier molecular flexibility index (Phi) is 3.60. The lowest BCUT2D eigenvalue weighted by atomic mass is 9.83. The van der Waals surface area contributed by atoms with Crippen LogP contribution in [-0.2, 0) is 10.3 Å². The Hall–Kier alpha value is -1.64. The third-order valence-electron chi connectivity index (χ3n) is 4.07. The minimum atomic E-state index is -0.743. The van der Waals surface area contributed by atoms with Crippen LogP contribution in [0.1, 0.15) is 25.3 Å². The van der Waals surface area contributed by atoms with Gasteiger partial charge in [-0.05, 0) is 23.6 Å². The highest BCUT2D eigenvalue weighted by Crippen LogP contribution is 2.35. The SMILES string of the molecule is CC1CC(O)(c2ccc(-c3ccccc3)cc2)CCO1. The zero-order valence-corrected chi connectivity index (χ0v) is 11.8. The third kappa shape index (κ3) is 2.62. The topological polar surface area (TPSA) is 29.5 Å². The molecule has 1 fully saturated rings. The fourth-order valence-corrected chi connectivity index (χ4v) is 2.93. The summed E-state index contributed by atoms with van der Waals surface area (Å²) in [5.41, 5.74) is 2.63. The maximum absolute atomic E-state index is 10.8. The van der Waals surface area contributed by atoms with Crippen LogP contribution in [0.25, 0.3) is 11.1 Å². The van der Waals surface area contributed by atoms with Gasteiger partial charge in [-0.3, -0.25) is 0 Å². The molecule has 0 radical (unpaired) electrons. The van der Waals surface area contributed by atoms with Crippen molar-refractivity contribution in [2.75, 3.05) is 6.61 Å². The molecule has 1 saturated heterocycles. The molecule has 2 aromatic rings. The van der Waals surface area contributed by atoms with Gasteiger partial charge in [0.1, 0.15) is 0 Å². The average molecular weight is 268 g/mol. The van der Waals surface area contributed by atoms with Gasteiger partial charge in [0.15, 0.2) is 0 Å². The number of hydrogen-bond donors (Lipinski definition) is 1. The molecule has 1 aliphatic heterocycles. The van der Waals surface area contributed by atoms with E-state index >= 15 is 0 Å². The normalized spacial score (nSPS) is 26.4. The molecular formula is C18H20O2. The van der Waals surface area contributed by atoms with Gasteiger partial charge >= 0.3 is 0 Å². The van der Waals surface area contributed by atoms with Crippen LogP contribution in [0.3, 0.4) is 0 Å². The lowest BCUT2D eigenvalue weighted by Gasteiger charge is -2.36. The summed E-state index contributed by atoms with van der Waals surface area (Å²) in [4.78, 5) is 0. The van der Waals surface area contributed by atoms with Crippen LogP contribution in [0, 0.1) is 0 Å². The quantitative estimate of drug-likeness (QED) is 0.899. The summed E-state index contributed by atoms with van der Waals surface area (Å²) >= 11 is 0. The van der Waals surface area contributed by atoms with Crippen LogP contribution in [0.4, 0.5) is 0 Å². The van der Waals surface area contributed by atoms with Crippen LogP contribution < -0.4 is 0 Å². The van der Waals surface area contributed by atoms with Gasteiger partial charge in [0, 0.05) is 12.8 Å². The van der Waals surface area contributed by atoms with Gasteiger partial charge in [0.2, 0.25) is 0 Å². The van der Waals surface area contributed by atoms with Gasteiger partial charge in [0.25, 0.3) is 0 Å². The lowest BCUT2D eigenvalue weighted by molar-refractivity contribution is -0.101. The van der Waals surface area contributed by atoms with E-state index in [0.29, 0.717) is 19.4 Å².